The second-order valence-electron chi connectivity index (χ2n) is 8.76. The van der Waals surface area contributed by atoms with Crippen molar-refractivity contribution in [3.63, 3.8) is 0 Å². The number of nitrogens with zero attached hydrogens (tertiary/aromatic N) is 1. The zero-order chi connectivity index (χ0) is 21.8. The van der Waals surface area contributed by atoms with Crippen LogP contribution in [0, 0.1) is 32.6 Å². The molecule has 1 saturated heterocycles. The molecule has 1 atom stereocenters. The molecule has 2 heteroatoms. The molecule has 0 saturated carbocycles. The van der Waals surface area contributed by atoms with Gasteiger partial charge in [0.15, 0.2) is 0 Å². The third kappa shape index (κ3) is 10.5. The van der Waals surface area contributed by atoms with Crippen molar-refractivity contribution in [1.82, 2.24) is 4.90 Å². The lowest BCUT2D eigenvalue weighted by Crippen LogP contribution is -2.28. The van der Waals surface area contributed by atoms with Crippen molar-refractivity contribution in [1.29, 1.82) is 0 Å². The van der Waals surface area contributed by atoms with E-state index in [1.54, 1.807) is 11.1 Å². The van der Waals surface area contributed by atoms with Crippen molar-refractivity contribution in [2.24, 2.45) is 11.8 Å². The topological polar surface area (TPSA) is 3.24 Å². The van der Waals surface area contributed by atoms with Gasteiger partial charge in [-0.15, -0.1) is 11.3 Å². The van der Waals surface area contributed by atoms with E-state index in [9.17, 15) is 0 Å². The van der Waals surface area contributed by atoms with Crippen molar-refractivity contribution < 1.29 is 0 Å². The summed E-state index contributed by atoms with van der Waals surface area (Å²) in [6, 6.07) is 11.2. The summed E-state index contributed by atoms with van der Waals surface area (Å²) in [7, 11) is 2.20. The molecular formula is C27H45NS. The summed E-state index contributed by atoms with van der Waals surface area (Å²) in [5.41, 5.74) is 4.58. The first-order valence-corrected chi connectivity index (χ1v) is 12.4. The molecule has 1 aliphatic heterocycles. The average Bonchev–Trinajstić information content (AvgIpc) is 3.09. The lowest BCUT2D eigenvalue weighted by atomic mass is 9.84. The van der Waals surface area contributed by atoms with Crippen LogP contribution < -0.4 is 0 Å². The minimum absolute atomic E-state index is 0.889. The van der Waals surface area contributed by atoms with E-state index in [1.165, 1.54) is 60.5 Å². The maximum absolute atomic E-state index is 2.40. The summed E-state index contributed by atoms with van der Waals surface area (Å²) in [5, 5.41) is 0. The molecule has 2 aliphatic rings. The summed E-state index contributed by atoms with van der Waals surface area (Å²) < 4.78 is 0. The molecule has 0 bridgehead atoms. The summed E-state index contributed by atoms with van der Waals surface area (Å²) in [5.74, 6) is 1.87. The number of likely N-dealkylation sites (tertiary alicyclic amines) is 1. The standard InChI is InChI=1S/C12H16.C7H15N.C6H8S.C2H6/c1-9-3-5-12-8-10(2)4-6-11(12)7-9;1-7-3-5-8(2)6-4-7;1-5-3-4-6(2)7-5;1-2/h3,5,7,10H,4,6,8H2,1-2H3;7H,3-6H2,1-2H3;3-4H,1-2H3;1-2H3. The molecular weight excluding hydrogens is 370 g/mol. The van der Waals surface area contributed by atoms with Gasteiger partial charge in [0.25, 0.3) is 0 Å². The van der Waals surface area contributed by atoms with Gasteiger partial charge in [-0.1, -0.05) is 51.5 Å². The number of thiophene rings is 1. The third-order valence-electron chi connectivity index (χ3n) is 5.72. The Labute approximate surface area is 185 Å². The largest absolute Gasteiger partial charge is 0.306 e. The van der Waals surface area contributed by atoms with E-state index in [1.807, 2.05) is 25.2 Å². The summed E-state index contributed by atoms with van der Waals surface area (Å²) in [6.45, 7) is 17.7. The summed E-state index contributed by atoms with van der Waals surface area (Å²) >= 11 is 1.84. The molecule has 0 N–H and O–H groups in total. The summed E-state index contributed by atoms with van der Waals surface area (Å²) in [6.07, 6.45) is 6.75. The van der Waals surface area contributed by atoms with Crippen LogP contribution in [0.4, 0.5) is 0 Å². The van der Waals surface area contributed by atoms with Crippen LogP contribution in [0.15, 0.2) is 30.3 Å². The van der Waals surface area contributed by atoms with E-state index >= 15 is 0 Å². The molecule has 0 spiro atoms. The van der Waals surface area contributed by atoms with Crippen LogP contribution in [0.2, 0.25) is 0 Å². The Hall–Kier alpha value is -1.12. The Morgan fingerprint density at radius 3 is 1.86 bits per heavy atom. The van der Waals surface area contributed by atoms with Crippen LogP contribution in [0.5, 0.6) is 0 Å². The Bertz CT molecular complexity index is 653. The van der Waals surface area contributed by atoms with Gasteiger partial charge in [0.2, 0.25) is 0 Å². The molecule has 2 aromatic rings. The highest BCUT2D eigenvalue weighted by molar-refractivity contribution is 7.11. The van der Waals surface area contributed by atoms with E-state index in [0.29, 0.717) is 0 Å². The molecule has 0 radical (unpaired) electrons. The minimum atomic E-state index is 0.889. The maximum atomic E-state index is 2.40. The lowest BCUT2D eigenvalue weighted by molar-refractivity contribution is 0.230. The monoisotopic (exact) mass is 415 g/mol. The Morgan fingerprint density at radius 1 is 0.793 bits per heavy atom. The average molecular weight is 416 g/mol. The highest BCUT2D eigenvalue weighted by Crippen LogP contribution is 2.25. The number of piperidine rings is 1. The van der Waals surface area contributed by atoms with Crippen LogP contribution in [-0.4, -0.2) is 25.0 Å². The van der Waals surface area contributed by atoms with Gasteiger partial charge in [0, 0.05) is 9.75 Å². The van der Waals surface area contributed by atoms with Crippen LogP contribution in [0.25, 0.3) is 0 Å². The normalized spacial score (nSPS) is 18.8. The van der Waals surface area contributed by atoms with E-state index in [4.69, 9.17) is 0 Å². The Morgan fingerprint density at radius 2 is 1.38 bits per heavy atom. The van der Waals surface area contributed by atoms with Crippen molar-refractivity contribution in [3.8, 4) is 0 Å². The number of benzene rings is 1. The fourth-order valence-electron chi connectivity index (χ4n) is 3.76. The number of aryl methyl sites for hydroxylation is 4. The van der Waals surface area contributed by atoms with Gasteiger partial charge in [-0.25, -0.2) is 0 Å². The van der Waals surface area contributed by atoms with Gasteiger partial charge in [0.05, 0.1) is 0 Å². The van der Waals surface area contributed by atoms with E-state index in [-0.39, 0.29) is 0 Å². The van der Waals surface area contributed by atoms with Crippen molar-refractivity contribution in [2.45, 2.75) is 80.6 Å². The molecule has 1 aromatic carbocycles. The smallest absolute Gasteiger partial charge is 0.00170 e. The first kappa shape index (κ1) is 25.9. The quantitative estimate of drug-likeness (QED) is 0.423. The predicted molar refractivity (Wildman–Crippen MR) is 133 cm³/mol. The van der Waals surface area contributed by atoms with Crippen LogP contribution in [-0.2, 0) is 12.8 Å². The predicted octanol–water partition coefficient (Wildman–Crippen LogP) is 7.86. The Kier molecular flexibility index (Phi) is 12.5. The Balaban J connectivity index is 0.000000218. The van der Waals surface area contributed by atoms with Crippen molar-refractivity contribution in [3.05, 3.63) is 56.8 Å². The van der Waals surface area contributed by atoms with Gasteiger partial charge >= 0.3 is 0 Å². The molecule has 0 amide bonds. The number of hydrogen-bond donors (Lipinski definition) is 0. The molecule has 29 heavy (non-hydrogen) atoms. The van der Waals surface area contributed by atoms with E-state index in [2.05, 4.69) is 76.9 Å². The fraction of sp³-hybridized carbons (Fsp3) is 0.630. The van der Waals surface area contributed by atoms with Gasteiger partial charge in [-0.2, -0.15) is 0 Å². The molecule has 1 unspecified atom stereocenters. The maximum Gasteiger partial charge on any atom is 0.00170 e. The molecule has 1 aromatic heterocycles. The SMILES string of the molecule is CC.CC1CCN(C)CC1.Cc1ccc(C)s1.Cc1ccc2c(c1)CCC(C)C2. The third-order valence-corrected chi connectivity index (χ3v) is 6.63. The number of hydrogen-bond acceptors (Lipinski definition) is 2. The van der Waals surface area contributed by atoms with Crippen molar-refractivity contribution in [2.75, 3.05) is 20.1 Å². The first-order chi connectivity index (χ1) is 13.8. The second-order valence-corrected chi connectivity index (χ2v) is 10.3. The highest BCUT2D eigenvalue weighted by atomic mass is 32.1. The van der Waals surface area contributed by atoms with E-state index < -0.39 is 0 Å². The van der Waals surface area contributed by atoms with Gasteiger partial charge in [-0.05, 0) is 108 Å². The van der Waals surface area contributed by atoms with Crippen LogP contribution >= 0.6 is 11.3 Å². The fourth-order valence-corrected chi connectivity index (χ4v) is 4.54. The van der Waals surface area contributed by atoms with E-state index in [0.717, 1.165) is 11.8 Å². The van der Waals surface area contributed by atoms with Crippen molar-refractivity contribution >= 4 is 11.3 Å². The first-order valence-electron chi connectivity index (χ1n) is 11.6. The van der Waals surface area contributed by atoms with Gasteiger partial charge < -0.3 is 4.90 Å². The molecule has 2 heterocycles. The van der Waals surface area contributed by atoms with Gasteiger partial charge in [-0.3, -0.25) is 0 Å². The highest BCUT2D eigenvalue weighted by Gasteiger charge is 2.14. The zero-order valence-corrected chi connectivity index (χ0v) is 21.2. The minimum Gasteiger partial charge on any atom is -0.306 e. The molecule has 164 valence electrons. The molecule has 1 fully saturated rings. The number of fused-ring (bicyclic) bond motifs is 1. The van der Waals surface area contributed by atoms with Gasteiger partial charge in [0.1, 0.15) is 0 Å². The number of rotatable bonds is 0. The summed E-state index contributed by atoms with van der Waals surface area (Å²) in [4.78, 5) is 5.20. The molecule has 1 aliphatic carbocycles. The second kappa shape index (κ2) is 14.0. The van der Waals surface area contributed by atoms with Crippen LogP contribution in [0.1, 0.15) is 73.4 Å². The lowest BCUT2D eigenvalue weighted by Gasteiger charge is -2.26. The molecule has 1 nitrogen and oxygen atoms in total. The molecule has 4 rings (SSSR count). The van der Waals surface area contributed by atoms with Crippen LogP contribution in [0.3, 0.4) is 0 Å². The zero-order valence-electron chi connectivity index (χ0n) is 20.3.